The molecule has 0 radical (unpaired) electrons. The lowest BCUT2D eigenvalue weighted by molar-refractivity contribution is -0.128. The maximum Gasteiger partial charge on any atom is 0.262 e. The standard InChI is InChI=1S/C6H9N3O2/c1-4(10)8-5-2-3-7-9-6(5)11/h3,5H,2H2,1H3,(H,8,10)(H,9,11)/t5-/m0/s1. The van der Waals surface area contributed by atoms with Crippen LogP contribution in [0.2, 0.25) is 0 Å². The van der Waals surface area contributed by atoms with Gasteiger partial charge in [0.1, 0.15) is 6.04 Å². The van der Waals surface area contributed by atoms with E-state index in [0.717, 1.165) is 0 Å². The first kappa shape index (κ1) is 7.71. The summed E-state index contributed by atoms with van der Waals surface area (Å²) in [6.07, 6.45) is 2.02. The van der Waals surface area contributed by atoms with Crippen molar-refractivity contribution in [3.05, 3.63) is 0 Å². The van der Waals surface area contributed by atoms with Crippen molar-refractivity contribution in [1.29, 1.82) is 0 Å². The Balaban J connectivity index is 2.51. The van der Waals surface area contributed by atoms with Crippen LogP contribution in [0.5, 0.6) is 0 Å². The molecule has 0 saturated heterocycles. The average Bonchev–Trinajstić information content (AvgIpc) is 1.93. The largest absolute Gasteiger partial charge is 0.344 e. The number of hydrogen-bond donors (Lipinski definition) is 2. The third-order valence-corrected chi connectivity index (χ3v) is 1.30. The quantitative estimate of drug-likeness (QED) is 0.509. The molecule has 0 bridgehead atoms. The fraction of sp³-hybridized carbons (Fsp3) is 0.500. The summed E-state index contributed by atoms with van der Waals surface area (Å²) in [7, 11) is 0. The molecular formula is C6H9N3O2. The topological polar surface area (TPSA) is 70.6 Å². The molecule has 2 amide bonds. The van der Waals surface area contributed by atoms with Gasteiger partial charge < -0.3 is 5.32 Å². The Labute approximate surface area is 63.8 Å². The number of hydrazone groups is 1. The van der Waals surface area contributed by atoms with Gasteiger partial charge in [0.05, 0.1) is 0 Å². The van der Waals surface area contributed by atoms with Crippen LogP contribution in [-0.2, 0) is 9.59 Å². The molecule has 1 aliphatic rings. The van der Waals surface area contributed by atoms with Gasteiger partial charge in [-0.25, -0.2) is 5.43 Å². The number of rotatable bonds is 1. The van der Waals surface area contributed by atoms with E-state index in [2.05, 4.69) is 15.8 Å². The lowest BCUT2D eigenvalue weighted by atomic mass is 10.2. The van der Waals surface area contributed by atoms with Gasteiger partial charge in [-0.05, 0) is 0 Å². The zero-order chi connectivity index (χ0) is 8.27. The molecule has 0 aromatic rings. The Morgan fingerprint density at radius 1 is 1.91 bits per heavy atom. The molecule has 2 N–H and O–H groups in total. The molecule has 1 heterocycles. The lowest BCUT2D eigenvalue weighted by Crippen LogP contribution is -2.47. The molecule has 60 valence electrons. The predicted octanol–water partition coefficient (Wildman–Crippen LogP) is -1.00. The number of nitrogens with one attached hydrogen (secondary N) is 2. The summed E-state index contributed by atoms with van der Waals surface area (Å²) in [5, 5.41) is 6.03. The fourth-order valence-electron chi connectivity index (χ4n) is 0.822. The summed E-state index contributed by atoms with van der Waals surface area (Å²) in [5.74, 6) is -0.469. The van der Waals surface area contributed by atoms with Gasteiger partial charge in [-0.15, -0.1) is 0 Å². The molecule has 0 fully saturated rings. The van der Waals surface area contributed by atoms with Gasteiger partial charge in [0.15, 0.2) is 0 Å². The normalized spacial score (nSPS) is 22.6. The number of amides is 2. The molecule has 5 nitrogen and oxygen atoms in total. The molecule has 0 aliphatic carbocycles. The highest BCUT2D eigenvalue weighted by molar-refractivity contribution is 5.90. The molecule has 1 aliphatic heterocycles. The van der Waals surface area contributed by atoms with E-state index < -0.39 is 6.04 Å². The van der Waals surface area contributed by atoms with E-state index in [9.17, 15) is 9.59 Å². The first-order chi connectivity index (χ1) is 5.20. The van der Waals surface area contributed by atoms with Crippen molar-refractivity contribution in [2.75, 3.05) is 0 Å². The van der Waals surface area contributed by atoms with Gasteiger partial charge in [0, 0.05) is 19.6 Å². The summed E-state index contributed by atoms with van der Waals surface area (Å²) >= 11 is 0. The second-order valence-corrected chi connectivity index (χ2v) is 2.28. The van der Waals surface area contributed by atoms with E-state index in [1.165, 1.54) is 6.92 Å². The minimum Gasteiger partial charge on any atom is -0.344 e. The molecule has 0 unspecified atom stereocenters. The monoisotopic (exact) mass is 155 g/mol. The first-order valence-electron chi connectivity index (χ1n) is 3.28. The lowest BCUT2D eigenvalue weighted by Gasteiger charge is -2.16. The molecule has 11 heavy (non-hydrogen) atoms. The summed E-state index contributed by atoms with van der Waals surface area (Å²) in [6.45, 7) is 1.37. The van der Waals surface area contributed by atoms with Crippen LogP contribution in [0.3, 0.4) is 0 Å². The minimum atomic E-state index is -0.454. The van der Waals surface area contributed by atoms with Crippen molar-refractivity contribution in [3.63, 3.8) is 0 Å². The Bertz CT molecular complexity index is 212. The molecule has 0 aromatic carbocycles. The van der Waals surface area contributed by atoms with Crippen LogP contribution in [0.15, 0.2) is 5.10 Å². The van der Waals surface area contributed by atoms with E-state index in [-0.39, 0.29) is 11.8 Å². The SMILES string of the molecule is CC(=O)N[C@H]1CC=NNC1=O. The summed E-state index contributed by atoms with van der Waals surface area (Å²) in [5.41, 5.74) is 2.25. The highest BCUT2D eigenvalue weighted by atomic mass is 16.2. The minimum absolute atomic E-state index is 0.208. The molecular weight excluding hydrogens is 146 g/mol. The molecule has 0 saturated carbocycles. The maximum atomic E-state index is 10.9. The van der Waals surface area contributed by atoms with E-state index in [4.69, 9.17) is 0 Å². The van der Waals surface area contributed by atoms with Crippen molar-refractivity contribution in [3.8, 4) is 0 Å². The third kappa shape index (κ3) is 2.03. The van der Waals surface area contributed by atoms with Crippen LogP contribution in [0, 0.1) is 0 Å². The van der Waals surface area contributed by atoms with Crippen LogP contribution in [0.4, 0.5) is 0 Å². The number of carbonyl (C=O) groups excluding carboxylic acids is 2. The van der Waals surface area contributed by atoms with Gasteiger partial charge >= 0.3 is 0 Å². The average molecular weight is 155 g/mol. The zero-order valence-electron chi connectivity index (χ0n) is 6.13. The van der Waals surface area contributed by atoms with Crippen LogP contribution >= 0.6 is 0 Å². The van der Waals surface area contributed by atoms with Gasteiger partial charge in [-0.2, -0.15) is 5.10 Å². The molecule has 0 aromatic heterocycles. The van der Waals surface area contributed by atoms with Crippen LogP contribution in [-0.4, -0.2) is 24.1 Å². The molecule has 0 spiro atoms. The Kier molecular flexibility index (Phi) is 2.20. The highest BCUT2D eigenvalue weighted by Gasteiger charge is 2.19. The summed E-state index contributed by atoms with van der Waals surface area (Å²) in [6, 6.07) is -0.454. The Hall–Kier alpha value is -1.39. The third-order valence-electron chi connectivity index (χ3n) is 1.30. The van der Waals surface area contributed by atoms with E-state index in [1.54, 1.807) is 6.21 Å². The van der Waals surface area contributed by atoms with Gasteiger partial charge in [-0.1, -0.05) is 0 Å². The molecule has 1 atom stereocenters. The van der Waals surface area contributed by atoms with E-state index >= 15 is 0 Å². The highest BCUT2D eigenvalue weighted by Crippen LogP contribution is 1.93. The van der Waals surface area contributed by atoms with Crippen molar-refractivity contribution >= 4 is 18.0 Å². The van der Waals surface area contributed by atoms with E-state index in [0.29, 0.717) is 6.42 Å². The van der Waals surface area contributed by atoms with E-state index in [1.807, 2.05) is 0 Å². The van der Waals surface area contributed by atoms with Gasteiger partial charge in [0.2, 0.25) is 5.91 Å². The van der Waals surface area contributed by atoms with Crippen LogP contribution < -0.4 is 10.7 Å². The molecule has 1 rings (SSSR count). The second kappa shape index (κ2) is 3.14. The number of carbonyl (C=O) groups is 2. The van der Waals surface area contributed by atoms with Crippen molar-refractivity contribution < 1.29 is 9.59 Å². The van der Waals surface area contributed by atoms with Crippen LogP contribution in [0.1, 0.15) is 13.3 Å². The van der Waals surface area contributed by atoms with Gasteiger partial charge in [-0.3, -0.25) is 9.59 Å². The first-order valence-corrected chi connectivity index (χ1v) is 3.28. The number of hydrogen-bond acceptors (Lipinski definition) is 3. The van der Waals surface area contributed by atoms with Crippen LogP contribution in [0.25, 0.3) is 0 Å². The maximum absolute atomic E-state index is 10.9. The smallest absolute Gasteiger partial charge is 0.262 e. The predicted molar refractivity (Wildman–Crippen MR) is 38.9 cm³/mol. The zero-order valence-corrected chi connectivity index (χ0v) is 6.13. The summed E-state index contributed by atoms with van der Waals surface area (Å²) < 4.78 is 0. The fourth-order valence-corrected chi connectivity index (χ4v) is 0.822. The second-order valence-electron chi connectivity index (χ2n) is 2.28. The van der Waals surface area contributed by atoms with Gasteiger partial charge in [0.25, 0.3) is 5.91 Å². The van der Waals surface area contributed by atoms with Crippen molar-refractivity contribution in [2.45, 2.75) is 19.4 Å². The Morgan fingerprint density at radius 3 is 3.18 bits per heavy atom. The summed E-state index contributed by atoms with van der Waals surface area (Å²) in [4.78, 5) is 21.4. The molecule has 5 heteroatoms. The Morgan fingerprint density at radius 2 is 2.64 bits per heavy atom. The van der Waals surface area contributed by atoms with Crippen molar-refractivity contribution in [2.24, 2.45) is 5.10 Å². The number of nitrogens with zero attached hydrogens (tertiary/aromatic N) is 1. The van der Waals surface area contributed by atoms with Crippen molar-refractivity contribution in [1.82, 2.24) is 10.7 Å².